The van der Waals surface area contributed by atoms with Gasteiger partial charge in [-0.15, -0.1) is 0 Å². The van der Waals surface area contributed by atoms with Crippen LogP contribution in [0.3, 0.4) is 0 Å². The zero-order valence-electron chi connectivity index (χ0n) is 8.37. The molecule has 14 heavy (non-hydrogen) atoms. The van der Waals surface area contributed by atoms with E-state index in [0.717, 1.165) is 13.0 Å². The molecular weight excluding hydrogens is 182 g/mol. The maximum absolute atomic E-state index is 5.28. The predicted octanol–water partition coefficient (Wildman–Crippen LogP) is 0.593. The number of hydrogen-bond acceptors (Lipinski definition) is 6. The first kappa shape index (κ1) is 10.5. The Morgan fingerprint density at radius 3 is 2.71 bits per heavy atom. The average molecular weight is 197 g/mol. The topological polar surface area (TPSA) is 85.1 Å². The van der Waals surface area contributed by atoms with E-state index in [9.17, 15) is 0 Å². The zero-order chi connectivity index (χ0) is 10.4. The van der Waals surface area contributed by atoms with E-state index in [1.807, 2.05) is 0 Å². The van der Waals surface area contributed by atoms with Crippen LogP contribution < -0.4 is 21.3 Å². The van der Waals surface area contributed by atoms with Crippen molar-refractivity contribution in [3.63, 3.8) is 0 Å². The lowest BCUT2D eigenvalue weighted by molar-refractivity contribution is 0.414. The highest BCUT2D eigenvalue weighted by atomic mass is 16.5. The molecule has 0 aromatic carbocycles. The summed E-state index contributed by atoms with van der Waals surface area (Å²) in [6, 6.07) is 0. The van der Waals surface area contributed by atoms with Gasteiger partial charge in [-0.3, -0.25) is 0 Å². The second-order valence-electron chi connectivity index (χ2n) is 2.68. The third-order valence-corrected chi connectivity index (χ3v) is 1.69. The summed E-state index contributed by atoms with van der Waals surface area (Å²) < 4.78 is 5.13. The SMILES string of the molecule is CCCNc1ncnc(NN)c1OC. The van der Waals surface area contributed by atoms with E-state index in [1.165, 1.54) is 6.33 Å². The van der Waals surface area contributed by atoms with Crippen LogP contribution in [0.15, 0.2) is 6.33 Å². The summed E-state index contributed by atoms with van der Waals surface area (Å²) in [5, 5.41) is 3.12. The summed E-state index contributed by atoms with van der Waals surface area (Å²) in [5.74, 6) is 6.93. The van der Waals surface area contributed by atoms with Crippen molar-refractivity contribution in [3.8, 4) is 5.75 Å². The molecule has 0 spiro atoms. The molecular formula is C8H15N5O. The highest BCUT2D eigenvalue weighted by Gasteiger charge is 2.09. The largest absolute Gasteiger partial charge is 0.490 e. The van der Waals surface area contributed by atoms with Gasteiger partial charge in [0, 0.05) is 6.54 Å². The maximum atomic E-state index is 5.28. The second-order valence-corrected chi connectivity index (χ2v) is 2.68. The molecule has 0 aliphatic heterocycles. The van der Waals surface area contributed by atoms with E-state index in [0.29, 0.717) is 17.4 Å². The average Bonchev–Trinajstić information content (AvgIpc) is 2.25. The first-order valence-electron chi connectivity index (χ1n) is 4.43. The molecule has 1 aromatic rings. The van der Waals surface area contributed by atoms with Gasteiger partial charge in [0.05, 0.1) is 7.11 Å². The molecule has 1 aromatic heterocycles. The van der Waals surface area contributed by atoms with Crippen LogP contribution in [0.2, 0.25) is 0 Å². The molecule has 4 N–H and O–H groups in total. The number of ether oxygens (including phenoxy) is 1. The number of rotatable bonds is 5. The van der Waals surface area contributed by atoms with Crippen molar-refractivity contribution in [1.82, 2.24) is 9.97 Å². The highest BCUT2D eigenvalue weighted by molar-refractivity contribution is 5.62. The molecule has 0 bridgehead atoms. The predicted molar refractivity (Wildman–Crippen MR) is 55.2 cm³/mol. The zero-order valence-corrected chi connectivity index (χ0v) is 8.37. The van der Waals surface area contributed by atoms with Gasteiger partial charge in [0.15, 0.2) is 11.6 Å². The Kier molecular flexibility index (Phi) is 3.93. The molecule has 0 aliphatic rings. The number of nitrogens with zero attached hydrogens (tertiary/aromatic N) is 2. The number of methoxy groups -OCH3 is 1. The molecule has 1 heterocycles. The number of nitrogen functional groups attached to an aromatic ring is 1. The van der Waals surface area contributed by atoms with Crippen LogP contribution in [0.1, 0.15) is 13.3 Å². The molecule has 0 saturated heterocycles. The smallest absolute Gasteiger partial charge is 0.205 e. The van der Waals surface area contributed by atoms with E-state index in [-0.39, 0.29) is 0 Å². The minimum Gasteiger partial charge on any atom is -0.490 e. The van der Waals surface area contributed by atoms with Crippen LogP contribution in [0.25, 0.3) is 0 Å². The standard InChI is InChI=1S/C8H15N5O/c1-3-4-10-7-6(14-2)8(13-9)12-5-11-7/h5H,3-4,9H2,1-2H3,(H2,10,11,12,13). The fraction of sp³-hybridized carbons (Fsp3) is 0.500. The van der Waals surface area contributed by atoms with E-state index < -0.39 is 0 Å². The summed E-state index contributed by atoms with van der Waals surface area (Å²) in [6.07, 6.45) is 2.44. The Labute approximate surface area is 82.9 Å². The van der Waals surface area contributed by atoms with E-state index in [2.05, 4.69) is 27.6 Å². The quantitative estimate of drug-likeness (QED) is 0.473. The third-order valence-electron chi connectivity index (χ3n) is 1.69. The van der Waals surface area contributed by atoms with Gasteiger partial charge in [-0.2, -0.15) is 0 Å². The fourth-order valence-corrected chi connectivity index (χ4v) is 1.04. The Morgan fingerprint density at radius 2 is 2.14 bits per heavy atom. The molecule has 78 valence electrons. The molecule has 1 rings (SSSR count). The van der Waals surface area contributed by atoms with Crippen molar-refractivity contribution in [3.05, 3.63) is 6.33 Å². The monoisotopic (exact) mass is 197 g/mol. The van der Waals surface area contributed by atoms with Crippen LogP contribution in [0, 0.1) is 0 Å². The molecule has 0 radical (unpaired) electrons. The molecule has 0 unspecified atom stereocenters. The van der Waals surface area contributed by atoms with Crippen molar-refractivity contribution in [2.45, 2.75) is 13.3 Å². The summed E-state index contributed by atoms with van der Waals surface area (Å²) >= 11 is 0. The molecule has 6 heteroatoms. The van der Waals surface area contributed by atoms with Crippen LogP contribution in [0.5, 0.6) is 5.75 Å². The van der Waals surface area contributed by atoms with Crippen LogP contribution in [-0.4, -0.2) is 23.6 Å². The lowest BCUT2D eigenvalue weighted by Crippen LogP contribution is -2.12. The Balaban J connectivity index is 2.90. The van der Waals surface area contributed by atoms with Gasteiger partial charge in [-0.05, 0) is 6.42 Å². The summed E-state index contributed by atoms with van der Waals surface area (Å²) in [6.45, 7) is 2.90. The van der Waals surface area contributed by atoms with Gasteiger partial charge in [-0.25, -0.2) is 15.8 Å². The highest BCUT2D eigenvalue weighted by Crippen LogP contribution is 2.27. The van der Waals surface area contributed by atoms with Crippen molar-refractivity contribution < 1.29 is 4.74 Å². The lowest BCUT2D eigenvalue weighted by atomic mass is 10.4. The van der Waals surface area contributed by atoms with E-state index >= 15 is 0 Å². The minimum absolute atomic E-state index is 0.473. The van der Waals surface area contributed by atoms with Crippen molar-refractivity contribution >= 4 is 11.6 Å². The maximum Gasteiger partial charge on any atom is 0.205 e. The first-order chi connectivity index (χ1) is 6.83. The van der Waals surface area contributed by atoms with Gasteiger partial charge in [0.2, 0.25) is 5.75 Å². The first-order valence-corrected chi connectivity index (χ1v) is 4.43. The fourth-order valence-electron chi connectivity index (χ4n) is 1.04. The van der Waals surface area contributed by atoms with Gasteiger partial charge in [0.1, 0.15) is 6.33 Å². The summed E-state index contributed by atoms with van der Waals surface area (Å²) in [5.41, 5.74) is 2.45. The minimum atomic E-state index is 0.473. The van der Waals surface area contributed by atoms with Crippen molar-refractivity contribution in [1.29, 1.82) is 0 Å². The Morgan fingerprint density at radius 1 is 1.43 bits per heavy atom. The number of aromatic nitrogens is 2. The van der Waals surface area contributed by atoms with Crippen LogP contribution in [-0.2, 0) is 0 Å². The van der Waals surface area contributed by atoms with Gasteiger partial charge in [0.25, 0.3) is 0 Å². The molecule has 0 fully saturated rings. The number of nitrogens with two attached hydrogens (primary N) is 1. The van der Waals surface area contributed by atoms with Gasteiger partial charge >= 0.3 is 0 Å². The summed E-state index contributed by atoms with van der Waals surface area (Å²) in [7, 11) is 1.55. The van der Waals surface area contributed by atoms with E-state index in [1.54, 1.807) is 7.11 Å². The normalized spacial score (nSPS) is 9.64. The lowest BCUT2D eigenvalue weighted by Gasteiger charge is -2.11. The summed E-state index contributed by atoms with van der Waals surface area (Å²) in [4.78, 5) is 7.98. The van der Waals surface area contributed by atoms with Gasteiger partial charge < -0.3 is 15.5 Å². The molecule has 0 amide bonds. The third kappa shape index (κ3) is 2.23. The number of hydrazine groups is 1. The van der Waals surface area contributed by atoms with Gasteiger partial charge in [-0.1, -0.05) is 6.92 Å². The molecule has 0 atom stereocenters. The van der Waals surface area contributed by atoms with E-state index in [4.69, 9.17) is 10.6 Å². The van der Waals surface area contributed by atoms with Crippen LogP contribution in [0.4, 0.5) is 11.6 Å². The number of nitrogens with one attached hydrogen (secondary N) is 2. The van der Waals surface area contributed by atoms with Crippen molar-refractivity contribution in [2.24, 2.45) is 5.84 Å². The van der Waals surface area contributed by atoms with Crippen molar-refractivity contribution in [2.75, 3.05) is 24.4 Å². The molecule has 0 aliphatic carbocycles. The Bertz CT molecular complexity index is 291. The second kappa shape index (κ2) is 5.23. The number of hydrogen-bond donors (Lipinski definition) is 3. The molecule has 6 nitrogen and oxygen atoms in total. The Hall–Kier alpha value is -1.56. The molecule has 0 saturated carbocycles. The van der Waals surface area contributed by atoms with Crippen LogP contribution >= 0.6 is 0 Å². The number of anilines is 2.